The zero-order chi connectivity index (χ0) is 43.3. The van der Waals surface area contributed by atoms with Gasteiger partial charge in [-0.25, -0.2) is 4.79 Å². The molecule has 0 atom stereocenters. The molecule has 0 fully saturated rings. The maximum absolute atomic E-state index is 11.4. The van der Waals surface area contributed by atoms with Crippen molar-refractivity contribution in [1.82, 2.24) is 0 Å². The number of anilines is 1. The van der Waals surface area contributed by atoms with Crippen LogP contribution < -0.4 is 5.73 Å². The number of carboxylic acids is 1. The largest absolute Gasteiger partial charge is 0.507 e. The Labute approximate surface area is 369 Å². The number of benzene rings is 12. The van der Waals surface area contributed by atoms with E-state index in [-0.39, 0.29) is 0 Å². The van der Waals surface area contributed by atoms with Gasteiger partial charge < -0.3 is 15.9 Å². The molecule has 0 radical (unpaired) electrons. The smallest absolute Gasteiger partial charge is 0.336 e. The van der Waals surface area contributed by atoms with E-state index in [0.717, 1.165) is 59.5 Å². The summed E-state index contributed by atoms with van der Waals surface area (Å²) in [6.45, 7) is 0. The Morgan fingerprint density at radius 1 is 0.381 bits per heavy atom. The van der Waals surface area contributed by atoms with Gasteiger partial charge in [0.1, 0.15) is 5.75 Å². The standard InChI is InChI=1S/C15H11Cl.C15H10O2.C14H11N.C14H10O/c16-10-15-13-7-3-1-5-11(13)9-12-6-2-4-8-14(12)15;16-15(17)14-12-7-3-1-5-10(12)9-11-6-2-4-8-13(11)14;2*15-14-12-7-3-1-5-10(12)9-11-6-2-4-8-13(11)14/h1-9H,10H2;1-9H,(H,16,17);1-9H,15H2;1-9,15H. The number of nitrogen functional groups attached to an aromatic ring is 1. The lowest BCUT2D eigenvalue weighted by Crippen LogP contribution is -1.99. The van der Waals surface area contributed by atoms with Crippen molar-refractivity contribution in [3.63, 3.8) is 0 Å². The second kappa shape index (κ2) is 18.0. The van der Waals surface area contributed by atoms with E-state index in [1.165, 1.54) is 37.9 Å². The van der Waals surface area contributed by atoms with Gasteiger partial charge in [-0.1, -0.05) is 194 Å². The third-order valence-electron chi connectivity index (χ3n) is 11.6. The predicted octanol–water partition coefficient (Wildman–Crippen LogP) is 15.7. The van der Waals surface area contributed by atoms with Gasteiger partial charge in [0.15, 0.2) is 0 Å². The molecule has 0 aliphatic rings. The number of carboxylic acid groups (broad SMARTS) is 1. The van der Waals surface area contributed by atoms with Gasteiger partial charge in [-0.2, -0.15) is 0 Å². The van der Waals surface area contributed by atoms with Gasteiger partial charge in [-0.3, -0.25) is 0 Å². The number of halogens is 1. The quantitative estimate of drug-likeness (QED) is 0.0920. The number of phenols is 1. The highest BCUT2D eigenvalue weighted by atomic mass is 35.5. The summed E-state index contributed by atoms with van der Waals surface area (Å²) in [5, 5.41) is 36.7. The molecular weight excluding hydrogens is 794 g/mol. The first kappa shape index (κ1) is 40.5. The molecule has 0 aliphatic heterocycles. The van der Waals surface area contributed by atoms with Crippen molar-refractivity contribution in [2.24, 2.45) is 0 Å². The summed E-state index contributed by atoms with van der Waals surface area (Å²) in [6.07, 6.45) is 0. The van der Waals surface area contributed by atoms with Crippen LogP contribution in [0.3, 0.4) is 0 Å². The van der Waals surface area contributed by atoms with Gasteiger partial charge in [-0.05, 0) is 94.5 Å². The van der Waals surface area contributed by atoms with Crippen molar-refractivity contribution in [2.75, 3.05) is 5.73 Å². The second-order valence-corrected chi connectivity index (χ2v) is 15.6. The van der Waals surface area contributed by atoms with Crippen molar-refractivity contribution in [3.05, 3.63) is 230 Å². The lowest BCUT2D eigenvalue weighted by molar-refractivity contribution is 0.0701. The average Bonchev–Trinajstić information content (AvgIpc) is 3.33. The Morgan fingerprint density at radius 2 is 0.619 bits per heavy atom. The summed E-state index contributed by atoms with van der Waals surface area (Å²) < 4.78 is 0. The maximum atomic E-state index is 11.4. The highest BCUT2D eigenvalue weighted by Crippen LogP contribution is 2.34. The van der Waals surface area contributed by atoms with E-state index in [1.807, 2.05) is 127 Å². The monoisotopic (exact) mass is 835 g/mol. The van der Waals surface area contributed by atoms with E-state index < -0.39 is 5.97 Å². The fourth-order valence-corrected chi connectivity index (χ4v) is 8.82. The normalized spacial score (nSPS) is 10.9. The van der Waals surface area contributed by atoms with Crippen LogP contribution in [0.1, 0.15) is 15.9 Å². The van der Waals surface area contributed by atoms with Gasteiger partial charge in [0.25, 0.3) is 0 Å². The van der Waals surface area contributed by atoms with Gasteiger partial charge in [0.05, 0.1) is 5.56 Å². The molecule has 0 amide bonds. The third-order valence-corrected chi connectivity index (χ3v) is 11.8. The van der Waals surface area contributed by atoms with Crippen LogP contribution in [0, 0.1) is 0 Å². The van der Waals surface area contributed by atoms with Crippen LogP contribution in [-0.4, -0.2) is 16.2 Å². The first-order chi connectivity index (χ1) is 30.9. The van der Waals surface area contributed by atoms with Gasteiger partial charge in [-0.15, -0.1) is 11.6 Å². The lowest BCUT2D eigenvalue weighted by Gasteiger charge is -2.08. The molecule has 0 aromatic heterocycles. The summed E-state index contributed by atoms with van der Waals surface area (Å²) in [5.41, 5.74) is 8.65. The fourth-order valence-electron chi connectivity index (χ4n) is 8.53. The maximum Gasteiger partial charge on any atom is 0.336 e. The molecular formula is C58H42ClNO3. The molecule has 5 heteroatoms. The topological polar surface area (TPSA) is 83.6 Å². The van der Waals surface area contributed by atoms with E-state index in [1.54, 1.807) is 0 Å². The molecule has 304 valence electrons. The summed E-state index contributed by atoms with van der Waals surface area (Å²) in [6, 6.07) is 72.7. The van der Waals surface area contributed by atoms with Crippen LogP contribution in [0.15, 0.2) is 218 Å². The van der Waals surface area contributed by atoms with Crippen molar-refractivity contribution < 1.29 is 15.0 Å². The number of hydrogen-bond acceptors (Lipinski definition) is 3. The van der Waals surface area contributed by atoms with Crippen molar-refractivity contribution in [3.8, 4) is 5.75 Å². The first-order valence-corrected chi connectivity index (χ1v) is 21.3. The third kappa shape index (κ3) is 8.16. The molecule has 12 aromatic rings. The van der Waals surface area contributed by atoms with Crippen LogP contribution >= 0.6 is 11.6 Å². The van der Waals surface area contributed by atoms with E-state index >= 15 is 0 Å². The average molecular weight is 836 g/mol. The minimum absolute atomic E-state index is 0.378. The van der Waals surface area contributed by atoms with E-state index in [4.69, 9.17) is 17.3 Å². The molecule has 4 nitrogen and oxygen atoms in total. The van der Waals surface area contributed by atoms with Gasteiger partial charge in [0, 0.05) is 33.1 Å². The molecule has 0 saturated heterocycles. The van der Waals surface area contributed by atoms with Gasteiger partial charge >= 0.3 is 5.97 Å². The van der Waals surface area contributed by atoms with Crippen LogP contribution in [0.25, 0.3) is 86.2 Å². The number of phenolic OH excluding ortho intramolecular Hbond substituents is 1. The van der Waals surface area contributed by atoms with Crippen LogP contribution in [0.5, 0.6) is 5.75 Å². The molecule has 0 heterocycles. The molecule has 0 spiro atoms. The summed E-state index contributed by atoms with van der Waals surface area (Å²) in [4.78, 5) is 11.4. The van der Waals surface area contributed by atoms with E-state index in [9.17, 15) is 15.0 Å². The van der Waals surface area contributed by atoms with Crippen LogP contribution in [0.2, 0.25) is 0 Å². The van der Waals surface area contributed by atoms with Crippen LogP contribution in [0.4, 0.5) is 5.69 Å². The first-order valence-electron chi connectivity index (χ1n) is 20.7. The number of fused-ring (bicyclic) bond motifs is 8. The highest BCUT2D eigenvalue weighted by molar-refractivity contribution is 6.20. The zero-order valence-electron chi connectivity index (χ0n) is 34.2. The summed E-state index contributed by atoms with van der Waals surface area (Å²) in [5.74, 6) is 0.0590. The lowest BCUT2D eigenvalue weighted by atomic mass is 9.97. The second-order valence-electron chi connectivity index (χ2n) is 15.3. The zero-order valence-corrected chi connectivity index (χ0v) is 35.0. The molecule has 63 heavy (non-hydrogen) atoms. The summed E-state index contributed by atoms with van der Waals surface area (Å²) >= 11 is 6.08. The Morgan fingerprint density at radius 3 is 0.937 bits per heavy atom. The number of alkyl halides is 1. The summed E-state index contributed by atoms with van der Waals surface area (Å²) in [7, 11) is 0. The number of rotatable bonds is 2. The van der Waals surface area contributed by atoms with Crippen LogP contribution in [-0.2, 0) is 5.88 Å². The van der Waals surface area contributed by atoms with Crippen molar-refractivity contribution in [1.29, 1.82) is 0 Å². The fraction of sp³-hybridized carbons (Fsp3) is 0.0172. The minimum atomic E-state index is -0.877. The Bertz CT molecular complexity index is 3300. The van der Waals surface area contributed by atoms with Crippen molar-refractivity contribution >= 4 is 109 Å². The Kier molecular flexibility index (Phi) is 11.5. The predicted molar refractivity (Wildman–Crippen MR) is 268 cm³/mol. The number of aromatic carboxylic acids is 1. The number of aromatic hydroxyl groups is 1. The molecule has 12 rings (SSSR count). The van der Waals surface area contributed by atoms with E-state index in [2.05, 4.69) is 91.0 Å². The molecule has 0 unspecified atom stereocenters. The molecule has 12 aromatic carbocycles. The number of nitrogens with two attached hydrogens (primary N) is 1. The molecule has 0 saturated carbocycles. The van der Waals surface area contributed by atoms with Crippen molar-refractivity contribution in [2.45, 2.75) is 5.88 Å². The Balaban J connectivity index is 0.000000107. The Hall–Kier alpha value is -7.92. The number of hydrogen-bond donors (Lipinski definition) is 3. The molecule has 0 bridgehead atoms. The minimum Gasteiger partial charge on any atom is -0.507 e. The number of carbonyl (C=O) groups is 1. The molecule has 4 N–H and O–H groups in total. The highest BCUT2D eigenvalue weighted by Gasteiger charge is 2.13. The SMILES string of the molecule is ClCc1c2ccccc2cc2ccccc12.Nc1c2ccccc2cc2ccccc12.O=C(O)c1c2ccccc2cc2ccccc12.Oc1c2ccccc2cc2ccccc12. The van der Waals surface area contributed by atoms with Gasteiger partial charge in [0.2, 0.25) is 0 Å². The van der Waals surface area contributed by atoms with E-state index in [0.29, 0.717) is 17.2 Å². The molecule has 0 aliphatic carbocycles.